The molecule has 0 aliphatic carbocycles. The Morgan fingerprint density at radius 2 is 1.95 bits per heavy atom. The van der Waals surface area contributed by atoms with E-state index in [1.165, 1.54) is 5.56 Å². The molecule has 0 saturated heterocycles. The van der Waals surface area contributed by atoms with Gasteiger partial charge in [-0.3, -0.25) is 0 Å². The van der Waals surface area contributed by atoms with Crippen molar-refractivity contribution in [2.75, 3.05) is 11.9 Å². The zero-order valence-electron chi connectivity index (χ0n) is 11.7. The zero-order valence-corrected chi connectivity index (χ0v) is 12.5. The van der Waals surface area contributed by atoms with E-state index in [1.54, 1.807) is 12.4 Å². The molecule has 2 aromatic heterocycles. The Kier molecular flexibility index (Phi) is 3.82. The Hall–Kier alpha value is -1.69. The summed E-state index contributed by atoms with van der Waals surface area (Å²) in [4.78, 5) is 17.9. The van der Waals surface area contributed by atoms with Crippen molar-refractivity contribution in [1.82, 2.24) is 19.9 Å². The molecule has 1 N–H and O–H groups in total. The largest absolute Gasteiger partial charge is 0.370 e. The normalized spacial score (nSPS) is 13.3. The van der Waals surface area contributed by atoms with Crippen LogP contribution in [0.4, 0.5) is 5.82 Å². The molecule has 0 unspecified atom stereocenters. The van der Waals surface area contributed by atoms with E-state index in [9.17, 15) is 0 Å². The predicted molar refractivity (Wildman–Crippen MR) is 81.6 cm³/mol. The molecule has 0 radical (unpaired) electrons. The smallest absolute Gasteiger partial charge is 0.199 e. The number of hydrogen-bond donors (Lipinski definition) is 1. The van der Waals surface area contributed by atoms with E-state index in [0.29, 0.717) is 11.6 Å². The molecule has 0 amide bonds. The molecule has 0 bridgehead atoms. The molecule has 0 saturated carbocycles. The van der Waals surface area contributed by atoms with Gasteiger partial charge in [0.1, 0.15) is 5.82 Å². The maximum Gasteiger partial charge on any atom is 0.199 e. The molecule has 3 heterocycles. The van der Waals surface area contributed by atoms with Gasteiger partial charge in [0.15, 0.2) is 11.6 Å². The van der Waals surface area contributed by atoms with E-state index in [1.807, 2.05) is 18.7 Å². The van der Waals surface area contributed by atoms with Crippen LogP contribution < -0.4 is 5.32 Å². The SMILES string of the molecule is CCCNc1nc(-c2ncc(C)cn2)nc2c1CSC2. The van der Waals surface area contributed by atoms with Crippen molar-refractivity contribution in [3.8, 4) is 11.6 Å². The summed E-state index contributed by atoms with van der Waals surface area (Å²) in [5.74, 6) is 4.08. The number of anilines is 1. The van der Waals surface area contributed by atoms with Crippen LogP contribution >= 0.6 is 11.8 Å². The van der Waals surface area contributed by atoms with Crippen LogP contribution in [0.15, 0.2) is 12.4 Å². The third-order valence-corrected chi connectivity index (χ3v) is 4.07. The van der Waals surface area contributed by atoms with Crippen molar-refractivity contribution in [2.24, 2.45) is 0 Å². The minimum Gasteiger partial charge on any atom is -0.370 e. The summed E-state index contributed by atoms with van der Waals surface area (Å²) in [7, 11) is 0. The van der Waals surface area contributed by atoms with Crippen LogP contribution in [0.5, 0.6) is 0 Å². The van der Waals surface area contributed by atoms with Crippen molar-refractivity contribution < 1.29 is 0 Å². The van der Waals surface area contributed by atoms with Crippen LogP contribution in [0.1, 0.15) is 30.2 Å². The van der Waals surface area contributed by atoms with Crippen molar-refractivity contribution >= 4 is 17.6 Å². The molecule has 1 aliphatic heterocycles. The average Bonchev–Trinajstić information content (AvgIpc) is 2.94. The third kappa shape index (κ3) is 2.60. The molecule has 0 aromatic carbocycles. The van der Waals surface area contributed by atoms with Gasteiger partial charge in [0.25, 0.3) is 0 Å². The molecular formula is C14H17N5S. The number of aryl methyl sites for hydroxylation is 1. The maximum absolute atomic E-state index is 4.62. The van der Waals surface area contributed by atoms with Crippen molar-refractivity contribution in [3.63, 3.8) is 0 Å². The monoisotopic (exact) mass is 287 g/mol. The lowest BCUT2D eigenvalue weighted by Gasteiger charge is -2.10. The number of thioether (sulfide) groups is 1. The predicted octanol–water partition coefficient (Wildman–Crippen LogP) is 2.81. The van der Waals surface area contributed by atoms with Gasteiger partial charge in [-0.15, -0.1) is 0 Å². The van der Waals surface area contributed by atoms with E-state index in [2.05, 4.69) is 32.2 Å². The molecule has 0 atom stereocenters. The van der Waals surface area contributed by atoms with Crippen LogP contribution in [0, 0.1) is 6.92 Å². The summed E-state index contributed by atoms with van der Waals surface area (Å²) in [6.07, 6.45) is 4.67. The third-order valence-electron chi connectivity index (χ3n) is 3.10. The highest BCUT2D eigenvalue weighted by molar-refractivity contribution is 7.98. The summed E-state index contributed by atoms with van der Waals surface area (Å²) < 4.78 is 0. The average molecular weight is 287 g/mol. The van der Waals surface area contributed by atoms with Gasteiger partial charge in [0, 0.05) is 36.0 Å². The number of fused-ring (bicyclic) bond motifs is 1. The fourth-order valence-electron chi connectivity index (χ4n) is 2.05. The minimum absolute atomic E-state index is 0.592. The molecule has 5 nitrogen and oxygen atoms in total. The van der Waals surface area contributed by atoms with E-state index in [4.69, 9.17) is 0 Å². The molecule has 0 fully saturated rings. The van der Waals surface area contributed by atoms with Gasteiger partial charge in [-0.1, -0.05) is 6.92 Å². The number of nitrogens with zero attached hydrogens (tertiary/aromatic N) is 4. The highest BCUT2D eigenvalue weighted by atomic mass is 32.2. The summed E-state index contributed by atoms with van der Waals surface area (Å²) >= 11 is 1.87. The van der Waals surface area contributed by atoms with Crippen LogP contribution in [0.2, 0.25) is 0 Å². The number of rotatable bonds is 4. The first kappa shape index (κ1) is 13.3. The van der Waals surface area contributed by atoms with Crippen LogP contribution in [0.25, 0.3) is 11.6 Å². The lowest BCUT2D eigenvalue weighted by molar-refractivity contribution is 0.949. The molecule has 0 spiro atoms. The van der Waals surface area contributed by atoms with E-state index in [0.717, 1.165) is 41.5 Å². The second-order valence-electron chi connectivity index (χ2n) is 4.82. The van der Waals surface area contributed by atoms with Crippen LogP contribution in [-0.2, 0) is 11.5 Å². The minimum atomic E-state index is 0.592. The van der Waals surface area contributed by atoms with Crippen LogP contribution in [0.3, 0.4) is 0 Å². The first-order chi connectivity index (χ1) is 9.78. The van der Waals surface area contributed by atoms with Gasteiger partial charge >= 0.3 is 0 Å². The lowest BCUT2D eigenvalue weighted by atomic mass is 10.2. The Labute approximate surface area is 122 Å². The van der Waals surface area contributed by atoms with Gasteiger partial charge in [-0.25, -0.2) is 19.9 Å². The highest BCUT2D eigenvalue weighted by Gasteiger charge is 2.20. The number of nitrogens with one attached hydrogen (secondary N) is 1. The van der Waals surface area contributed by atoms with Gasteiger partial charge in [0.2, 0.25) is 0 Å². The standard InChI is InChI=1S/C14H17N5S/c1-3-4-15-12-10-7-20-8-11(10)18-14(19-12)13-16-5-9(2)6-17-13/h5-6H,3-4,7-8H2,1-2H3,(H,15,18,19). The maximum atomic E-state index is 4.62. The Bertz CT molecular complexity index is 612. The van der Waals surface area contributed by atoms with E-state index < -0.39 is 0 Å². The Morgan fingerprint density at radius 1 is 1.15 bits per heavy atom. The topological polar surface area (TPSA) is 63.6 Å². The fourth-order valence-corrected chi connectivity index (χ4v) is 3.09. The summed E-state index contributed by atoms with van der Waals surface area (Å²) in [6.45, 7) is 5.04. The van der Waals surface area contributed by atoms with Gasteiger partial charge in [-0.05, 0) is 18.9 Å². The van der Waals surface area contributed by atoms with Crippen molar-refractivity contribution in [1.29, 1.82) is 0 Å². The quantitative estimate of drug-likeness (QED) is 0.933. The fraction of sp³-hybridized carbons (Fsp3) is 0.429. The molecule has 104 valence electrons. The highest BCUT2D eigenvalue weighted by Crippen LogP contribution is 2.33. The van der Waals surface area contributed by atoms with Gasteiger partial charge in [0.05, 0.1) is 5.69 Å². The molecule has 6 heteroatoms. The zero-order chi connectivity index (χ0) is 13.9. The summed E-state index contributed by atoms with van der Waals surface area (Å²) in [5, 5.41) is 3.40. The second-order valence-corrected chi connectivity index (χ2v) is 5.81. The second kappa shape index (κ2) is 5.75. The van der Waals surface area contributed by atoms with Gasteiger partial charge in [-0.2, -0.15) is 11.8 Å². The molecule has 3 rings (SSSR count). The first-order valence-electron chi connectivity index (χ1n) is 6.78. The Balaban J connectivity index is 2.01. The Morgan fingerprint density at radius 3 is 2.70 bits per heavy atom. The molecule has 2 aromatic rings. The summed E-state index contributed by atoms with van der Waals surface area (Å²) in [5.41, 5.74) is 3.39. The van der Waals surface area contributed by atoms with Crippen LogP contribution in [-0.4, -0.2) is 26.5 Å². The van der Waals surface area contributed by atoms with E-state index in [-0.39, 0.29) is 0 Å². The van der Waals surface area contributed by atoms with Crippen molar-refractivity contribution in [3.05, 3.63) is 29.2 Å². The molecular weight excluding hydrogens is 270 g/mol. The molecule has 1 aliphatic rings. The number of aromatic nitrogens is 4. The molecule has 20 heavy (non-hydrogen) atoms. The first-order valence-corrected chi connectivity index (χ1v) is 7.94. The van der Waals surface area contributed by atoms with E-state index >= 15 is 0 Å². The van der Waals surface area contributed by atoms with Gasteiger partial charge < -0.3 is 5.32 Å². The lowest BCUT2D eigenvalue weighted by Crippen LogP contribution is -2.08. The number of hydrogen-bond acceptors (Lipinski definition) is 6. The summed E-state index contributed by atoms with van der Waals surface area (Å²) in [6, 6.07) is 0. The van der Waals surface area contributed by atoms with Crippen molar-refractivity contribution in [2.45, 2.75) is 31.8 Å².